The number of aryl methyl sites for hydroxylation is 2. The predicted molar refractivity (Wildman–Crippen MR) is 114 cm³/mol. The second-order valence-corrected chi connectivity index (χ2v) is 7.20. The minimum Gasteiger partial charge on any atom is -0.497 e. The third-order valence-corrected chi connectivity index (χ3v) is 5.32. The summed E-state index contributed by atoms with van der Waals surface area (Å²) in [7, 11) is 1.64. The number of benzene rings is 2. The molecule has 6 heteroatoms. The molecule has 0 atom stereocenters. The van der Waals surface area contributed by atoms with Gasteiger partial charge in [0.05, 0.1) is 7.11 Å². The van der Waals surface area contributed by atoms with E-state index in [1.54, 1.807) is 12.0 Å². The zero-order valence-electron chi connectivity index (χ0n) is 17.2. The van der Waals surface area contributed by atoms with E-state index in [9.17, 15) is 9.59 Å². The maximum Gasteiger partial charge on any atom is 0.321 e. The smallest absolute Gasteiger partial charge is 0.321 e. The first-order chi connectivity index (χ1) is 14.1. The average molecular weight is 396 g/mol. The first kappa shape index (κ1) is 20.7. The zero-order chi connectivity index (χ0) is 20.6. The molecule has 2 aromatic rings. The molecule has 0 radical (unpaired) electrons. The molecule has 0 saturated carbocycles. The molecular weight excluding hydrogens is 366 g/mol. The molecule has 1 fully saturated rings. The molecule has 0 unspecified atom stereocenters. The molecule has 0 spiro atoms. The van der Waals surface area contributed by atoms with E-state index in [1.807, 2.05) is 53.4 Å². The Kier molecular flexibility index (Phi) is 7.11. The second-order valence-electron chi connectivity index (χ2n) is 7.20. The number of carbonyl (C=O) groups excluding carboxylic acids is 2. The van der Waals surface area contributed by atoms with Crippen molar-refractivity contribution in [1.82, 2.24) is 9.80 Å². The van der Waals surface area contributed by atoms with Crippen molar-refractivity contribution in [3.63, 3.8) is 0 Å². The fourth-order valence-electron chi connectivity index (χ4n) is 3.39. The Hall–Kier alpha value is -3.02. The fraction of sp³-hybridized carbons (Fsp3) is 0.391. The molecule has 1 saturated heterocycles. The summed E-state index contributed by atoms with van der Waals surface area (Å²) in [5, 5.41) is 2.94. The van der Waals surface area contributed by atoms with Crippen LogP contribution in [0.25, 0.3) is 0 Å². The minimum atomic E-state index is -0.111. The van der Waals surface area contributed by atoms with Gasteiger partial charge in [0, 0.05) is 38.3 Å². The van der Waals surface area contributed by atoms with Crippen molar-refractivity contribution in [3.05, 3.63) is 59.7 Å². The average Bonchev–Trinajstić information content (AvgIpc) is 2.78. The van der Waals surface area contributed by atoms with E-state index >= 15 is 0 Å². The quantitative estimate of drug-likeness (QED) is 0.813. The normalized spacial score (nSPS) is 13.9. The van der Waals surface area contributed by atoms with E-state index in [0.29, 0.717) is 39.0 Å². The lowest BCUT2D eigenvalue weighted by Gasteiger charge is -2.34. The third kappa shape index (κ3) is 5.73. The molecule has 1 N–H and O–H groups in total. The molecular formula is C23H29N3O3. The summed E-state index contributed by atoms with van der Waals surface area (Å²) in [5.41, 5.74) is 3.15. The van der Waals surface area contributed by atoms with Gasteiger partial charge in [-0.05, 0) is 48.2 Å². The van der Waals surface area contributed by atoms with Gasteiger partial charge in [0.2, 0.25) is 5.91 Å². The van der Waals surface area contributed by atoms with E-state index in [1.165, 1.54) is 5.56 Å². The molecule has 0 aromatic heterocycles. The molecule has 1 aliphatic heterocycles. The molecule has 1 heterocycles. The van der Waals surface area contributed by atoms with Gasteiger partial charge in [0.1, 0.15) is 5.75 Å². The molecule has 29 heavy (non-hydrogen) atoms. The van der Waals surface area contributed by atoms with Gasteiger partial charge in [0.25, 0.3) is 0 Å². The molecule has 0 bridgehead atoms. The minimum absolute atomic E-state index is 0.111. The third-order valence-electron chi connectivity index (χ3n) is 5.32. The van der Waals surface area contributed by atoms with Crippen molar-refractivity contribution in [2.75, 3.05) is 38.6 Å². The SMILES string of the molecule is CCc1ccc(NC(=O)N2CCN(C(=O)CCc3ccc(OC)cc3)CC2)cc1. The summed E-state index contributed by atoms with van der Waals surface area (Å²) in [6, 6.07) is 15.6. The van der Waals surface area contributed by atoms with Crippen LogP contribution in [0, 0.1) is 0 Å². The molecule has 2 aromatic carbocycles. The highest BCUT2D eigenvalue weighted by molar-refractivity contribution is 5.89. The number of urea groups is 1. The van der Waals surface area contributed by atoms with Crippen molar-refractivity contribution in [3.8, 4) is 5.75 Å². The highest BCUT2D eigenvalue weighted by Crippen LogP contribution is 2.15. The summed E-state index contributed by atoms with van der Waals surface area (Å²) in [6.45, 7) is 4.35. The highest BCUT2D eigenvalue weighted by Gasteiger charge is 2.24. The Bertz CT molecular complexity index is 810. The Morgan fingerprint density at radius 1 is 0.897 bits per heavy atom. The Morgan fingerprint density at radius 2 is 1.48 bits per heavy atom. The van der Waals surface area contributed by atoms with E-state index in [0.717, 1.165) is 23.4 Å². The summed E-state index contributed by atoms with van der Waals surface area (Å²) < 4.78 is 5.15. The fourth-order valence-corrected chi connectivity index (χ4v) is 3.39. The number of ether oxygens (including phenoxy) is 1. The number of carbonyl (C=O) groups is 2. The first-order valence-electron chi connectivity index (χ1n) is 10.1. The lowest BCUT2D eigenvalue weighted by molar-refractivity contribution is -0.132. The second kappa shape index (κ2) is 9.96. The van der Waals surface area contributed by atoms with Crippen molar-refractivity contribution < 1.29 is 14.3 Å². The highest BCUT2D eigenvalue weighted by atomic mass is 16.5. The van der Waals surface area contributed by atoms with Crippen LogP contribution in [0.4, 0.5) is 10.5 Å². The van der Waals surface area contributed by atoms with Crippen LogP contribution in [0.2, 0.25) is 0 Å². The van der Waals surface area contributed by atoms with Crippen LogP contribution >= 0.6 is 0 Å². The van der Waals surface area contributed by atoms with Crippen molar-refractivity contribution >= 4 is 17.6 Å². The van der Waals surface area contributed by atoms with Gasteiger partial charge in [0.15, 0.2) is 0 Å². The van der Waals surface area contributed by atoms with Gasteiger partial charge in [-0.15, -0.1) is 0 Å². The van der Waals surface area contributed by atoms with Gasteiger partial charge in [-0.2, -0.15) is 0 Å². The van der Waals surface area contributed by atoms with E-state index < -0.39 is 0 Å². The zero-order valence-corrected chi connectivity index (χ0v) is 17.2. The maximum absolute atomic E-state index is 12.5. The lowest BCUT2D eigenvalue weighted by atomic mass is 10.1. The summed E-state index contributed by atoms with van der Waals surface area (Å²) in [6.07, 6.45) is 2.16. The van der Waals surface area contributed by atoms with Crippen LogP contribution in [0.15, 0.2) is 48.5 Å². The standard InChI is InChI=1S/C23H29N3O3/c1-3-18-4-9-20(10-5-18)24-23(28)26-16-14-25(15-17-26)22(27)13-8-19-6-11-21(29-2)12-7-19/h4-7,9-12H,3,8,13-17H2,1-2H3,(H,24,28). The largest absolute Gasteiger partial charge is 0.497 e. The molecule has 154 valence electrons. The monoisotopic (exact) mass is 395 g/mol. The van der Waals surface area contributed by atoms with E-state index in [2.05, 4.69) is 12.2 Å². The van der Waals surface area contributed by atoms with Crippen molar-refractivity contribution in [2.45, 2.75) is 26.2 Å². The number of anilines is 1. The lowest BCUT2D eigenvalue weighted by Crippen LogP contribution is -2.51. The van der Waals surface area contributed by atoms with Gasteiger partial charge in [-0.3, -0.25) is 4.79 Å². The number of hydrogen-bond donors (Lipinski definition) is 1. The van der Waals surface area contributed by atoms with Gasteiger partial charge in [-0.1, -0.05) is 31.2 Å². The number of amides is 3. The Morgan fingerprint density at radius 3 is 2.07 bits per heavy atom. The summed E-state index contributed by atoms with van der Waals surface area (Å²) in [4.78, 5) is 28.6. The summed E-state index contributed by atoms with van der Waals surface area (Å²) >= 11 is 0. The van der Waals surface area contributed by atoms with Crippen LogP contribution in [0.5, 0.6) is 5.75 Å². The number of rotatable bonds is 6. The molecule has 3 amide bonds. The molecule has 3 rings (SSSR count). The van der Waals surface area contributed by atoms with E-state index in [-0.39, 0.29) is 11.9 Å². The van der Waals surface area contributed by atoms with Gasteiger partial charge in [-0.25, -0.2) is 4.79 Å². The van der Waals surface area contributed by atoms with E-state index in [4.69, 9.17) is 4.74 Å². The topological polar surface area (TPSA) is 61.9 Å². The maximum atomic E-state index is 12.5. The molecule has 6 nitrogen and oxygen atoms in total. The first-order valence-corrected chi connectivity index (χ1v) is 10.1. The molecule has 0 aliphatic carbocycles. The van der Waals surface area contributed by atoms with Crippen LogP contribution in [-0.4, -0.2) is 55.0 Å². The van der Waals surface area contributed by atoms with Crippen molar-refractivity contribution in [2.24, 2.45) is 0 Å². The number of nitrogens with zero attached hydrogens (tertiary/aromatic N) is 2. The predicted octanol–water partition coefficient (Wildman–Crippen LogP) is 3.57. The molecule has 1 aliphatic rings. The Balaban J connectivity index is 1.42. The Labute approximate surface area is 172 Å². The number of hydrogen-bond acceptors (Lipinski definition) is 3. The number of nitrogens with one attached hydrogen (secondary N) is 1. The summed E-state index contributed by atoms with van der Waals surface area (Å²) in [5.74, 6) is 0.951. The van der Waals surface area contributed by atoms with Crippen LogP contribution in [0.1, 0.15) is 24.5 Å². The number of methoxy groups -OCH3 is 1. The number of piperazine rings is 1. The van der Waals surface area contributed by atoms with Gasteiger partial charge < -0.3 is 19.9 Å². The van der Waals surface area contributed by atoms with Crippen LogP contribution in [0.3, 0.4) is 0 Å². The van der Waals surface area contributed by atoms with Crippen molar-refractivity contribution in [1.29, 1.82) is 0 Å². The van der Waals surface area contributed by atoms with Crippen LogP contribution in [-0.2, 0) is 17.6 Å². The van der Waals surface area contributed by atoms with Crippen LogP contribution < -0.4 is 10.1 Å². The van der Waals surface area contributed by atoms with Gasteiger partial charge >= 0.3 is 6.03 Å².